The summed E-state index contributed by atoms with van der Waals surface area (Å²) in [6.45, 7) is 4.68. The van der Waals surface area contributed by atoms with Crippen molar-refractivity contribution in [2.45, 2.75) is 25.7 Å². The molecule has 2 amide bonds. The van der Waals surface area contributed by atoms with Crippen LogP contribution in [0, 0.1) is 5.92 Å². The highest BCUT2D eigenvalue weighted by atomic mass is 35.5. The number of aromatic nitrogens is 2. The number of fused-ring (bicyclic) bond motifs is 4. The minimum atomic E-state index is -1.17. The molecular formula is C23H21ClN4O2. The van der Waals surface area contributed by atoms with Crippen LogP contribution in [-0.4, -0.2) is 28.1 Å². The maximum atomic E-state index is 13.9. The second kappa shape index (κ2) is 6.71. The number of nitrogens with zero attached hydrogens (tertiary/aromatic N) is 3. The lowest BCUT2D eigenvalue weighted by Gasteiger charge is -2.33. The number of hydrogen-bond acceptors (Lipinski definition) is 3. The van der Waals surface area contributed by atoms with Gasteiger partial charge in [0.2, 0.25) is 11.8 Å². The van der Waals surface area contributed by atoms with Crippen molar-refractivity contribution in [2.75, 3.05) is 16.8 Å². The van der Waals surface area contributed by atoms with Gasteiger partial charge in [0.15, 0.2) is 0 Å². The highest BCUT2D eigenvalue weighted by molar-refractivity contribution is 6.34. The van der Waals surface area contributed by atoms with Gasteiger partial charge in [0.1, 0.15) is 11.2 Å². The van der Waals surface area contributed by atoms with Crippen LogP contribution in [-0.2, 0) is 15.0 Å². The number of rotatable bonds is 3. The van der Waals surface area contributed by atoms with E-state index in [1.807, 2.05) is 42.5 Å². The summed E-state index contributed by atoms with van der Waals surface area (Å²) in [5.41, 5.74) is 1.78. The summed E-state index contributed by atoms with van der Waals surface area (Å²) in [4.78, 5) is 28.6. The van der Waals surface area contributed by atoms with Crippen molar-refractivity contribution in [3.8, 4) is 5.69 Å². The normalized spacial score (nSPS) is 19.9. The molecule has 2 aliphatic heterocycles. The molecule has 5 rings (SSSR count). The number of nitrogens with one attached hydrogen (secondary N) is 1. The minimum absolute atomic E-state index is 0.00461. The molecule has 1 atom stereocenters. The second-order valence-electron chi connectivity index (χ2n) is 8.23. The third-order valence-corrected chi connectivity index (χ3v) is 6.10. The third-order valence-electron chi connectivity index (χ3n) is 5.78. The Morgan fingerprint density at radius 1 is 1.13 bits per heavy atom. The lowest BCUT2D eigenvalue weighted by atomic mass is 9.71. The van der Waals surface area contributed by atoms with E-state index in [1.54, 1.807) is 21.8 Å². The zero-order chi connectivity index (χ0) is 21.0. The van der Waals surface area contributed by atoms with Crippen LogP contribution >= 0.6 is 11.6 Å². The Hall–Kier alpha value is -3.12. The number of benzene rings is 2. The summed E-state index contributed by atoms with van der Waals surface area (Å²) in [5, 5.41) is 7.95. The minimum Gasteiger partial charge on any atom is -0.311 e. The summed E-state index contributed by atoms with van der Waals surface area (Å²) in [5.74, 6) is 0.428. The van der Waals surface area contributed by atoms with Crippen LogP contribution in [0.25, 0.3) is 5.69 Å². The summed E-state index contributed by atoms with van der Waals surface area (Å²) in [6.07, 6.45) is 1.69. The van der Waals surface area contributed by atoms with E-state index >= 15 is 0 Å². The van der Waals surface area contributed by atoms with Gasteiger partial charge in [-0.05, 0) is 30.2 Å². The Balaban J connectivity index is 1.78. The first-order valence-electron chi connectivity index (χ1n) is 9.98. The van der Waals surface area contributed by atoms with Gasteiger partial charge in [-0.3, -0.25) is 9.59 Å². The number of halogens is 1. The van der Waals surface area contributed by atoms with E-state index in [0.717, 1.165) is 11.4 Å². The molecule has 0 saturated carbocycles. The van der Waals surface area contributed by atoms with Crippen molar-refractivity contribution >= 4 is 34.9 Å². The number of anilines is 2. The topological polar surface area (TPSA) is 67.2 Å². The van der Waals surface area contributed by atoms with Gasteiger partial charge in [-0.1, -0.05) is 49.7 Å². The van der Waals surface area contributed by atoms with Crippen molar-refractivity contribution in [1.29, 1.82) is 0 Å². The van der Waals surface area contributed by atoms with Crippen LogP contribution < -0.4 is 10.2 Å². The van der Waals surface area contributed by atoms with E-state index in [-0.39, 0.29) is 24.2 Å². The lowest BCUT2D eigenvalue weighted by molar-refractivity contribution is -0.126. The van der Waals surface area contributed by atoms with Crippen molar-refractivity contribution in [2.24, 2.45) is 5.92 Å². The quantitative estimate of drug-likeness (QED) is 0.691. The molecule has 0 bridgehead atoms. The fourth-order valence-electron chi connectivity index (χ4n) is 4.63. The number of para-hydroxylation sites is 1. The molecule has 0 radical (unpaired) electrons. The van der Waals surface area contributed by atoms with E-state index in [4.69, 9.17) is 11.6 Å². The number of hydrogen-bond donors (Lipinski definition) is 1. The van der Waals surface area contributed by atoms with E-state index in [1.165, 1.54) is 0 Å². The Labute approximate surface area is 179 Å². The van der Waals surface area contributed by atoms with Gasteiger partial charge in [-0.2, -0.15) is 5.10 Å². The largest absolute Gasteiger partial charge is 0.311 e. The highest BCUT2D eigenvalue weighted by Crippen LogP contribution is 2.54. The zero-order valence-electron chi connectivity index (χ0n) is 16.7. The Kier molecular flexibility index (Phi) is 4.22. The molecule has 6 nitrogen and oxygen atoms in total. The van der Waals surface area contributed by atoms with Crippen LogP contribution in [0.1, 0.15) is 31.4 Å². The van der Waals surface area contributed by atoms with Gasteiger partial charge in [-0.15, -0.1) is 0 Å². The maximum absolute atomic E-state index is 13.9. The van der Waals surface area contributed by atoms with Crippen LogP contribution in [0.15, 0.2) is 54.7 Å². The third kappa shape index (κ3) is 2.53. The highest BCUT2D eigenvalue weighted by Gasteiger charge is 2.58. The van der Waals surface area contributed by atoms with Crippen molar-refractivity contribution in [1.82, 2.24) is 9.78 Å². The molecule has 0 unspecified atom stereocenters. The van der Waals surface area contributed by atoms with Gasteiger partial charge in [-0.25, -0.2) is 4.68 Å². The lowest BCUT2D eigenvalue weighted by Crippen LogP contribution is -2.47. The monoisotopic (exact) mass is 420 g/mol. The number of amides is 2. The Morgan fingerprint density at radius 3 is 2.63 bits per heavy atom. The molecule has 3 aromatic rings. The van der Waals surface area contributed by atoms with Crippen LogP contribution in [0.2, 0.25) is 5.02 Å². The fourth-order valence-corrected chi connectivity index (χ4v) is 4.96. The molecule has 2 aliphatic rings. The van der Waals surface area contributed by atoms with Gasteiger partial charge >= 0.3 is 0 Å². The van der Waals surface area contributed by atoms with Gasteiger partial charge in [0, 0.05) is 34.8 Å². The van der Waals surface area contributed by atoms with Gasteiger partial charge in [0.25, 0.3) is 0 Å². The van der Waals surface area contributed by atoms with Crippen LogP contribution in [0.5, 0.6) is 0 Å². The average molecular weight is 421 g/mol. The first-order valence-corrected chi connectivity index (χ1v) is 10.4. The molecule has 1 aromatic heterocycles. The molecule has 1 spiro atoms. The Morgan fingerprint density at radius 2 is 1.90 bits per heavy atom. The summed E-state index contributed by atoms with van der Waals surface area (Å²) < 4.78 is 1.67. The average Bonchev–Trinajstić information content (AvgIpc) is 3.23. The van der Waals surface area contributed by atoms with Crippen molar-refractivity contribution in [3.05, 3.63) is 70.9 Å². The Bertz CT molecular complexity index is 1170. The summed E-state index contributed by atoms with van der Waals surface area (Å²) in [7, 11) is 0. The molecule has 30 heavy (non-hydrogen) atoms. The first kappa shape index (κ1) is 18.9. The van der Waals surface area contributed by atoms with E-state index in [2.05, 4.69) is 24.3 Å². The zero-order valence-corrected chi connectivity index (χ0v) is 17.5. The fraction of sp³-hybridized carbons (Fsp3) is 0.261. The standard InChI is InChI=1S/C23H21ClN4O2/c1-14(2)13-27-18-10-6-9-17(24)20(18)23(22(27)30)11-19(29)26-21-16(23)12-25-28(21)15-7-4-3-5-8-15/h3-10,12,14H,11,13H2,1-2H3,(H,26,29)/t23-/m1/s1. The molecule has 0 saturated heterocycles. The number of carbonyl (C=O) groups is 2. The molecule has 0 fully saturated rings. The molecular weight excluding hydrogens is 400 g/mol. The van der Waals surface area contributed by atoms with Gasteiger partial charge < -0.3 is 10.2 Å². The smallest absolute Gasteiger partial charge is 0.242 e. The molecule has 152 valence electrons. The predicted molar refractivity (Wildman–Crippen MR) is 116 cm³/mol. The van der Waals surface area contributed by atoms with Crippen LogP contribution in [0.4, 0.5) is 11.5 Å². The van der Waals surface area contributed by atoms with Crippen molar-refractivity contribution < 1.29 is 9.59 Å². The van der Waals surface area contributed by atoms with E-state index in [9.17, 15) is 9.59 Å². The summed E-state index contributed by atoms with van der Waals surface area (Å²) >= 11 is 6.66. The molecule has 7 heteroatoms. The predicted octanol–water partition coefficient (Wildman–Crippen LogP) is 4.16. The summed E-state index contributed by atoms with van der Waals surface area (Å²) in [6, 6.07) is 15.1. The molecule has 1 N–H and O–H groups in total. The maximum Gasteiger partial charge on any atom is 0.242 e. The van der Waals surface area contributed by atoms with Gasteiger partial charge in [0.05, 0.1) is 11.9 Å². The van der Waals surface area contributed by atoms with E-state index in [0.29, 0.717) is 28.5 Å². The molecule has 3 heterocycles. The number of carbonyl (C=O) groups excluding carboxylic acids is 2. The molecule has 0 aliphatic carbocycles. The van der Waals surface area contributed by atoms with E-state index < -0.39 is 5.41 Å². The SMILES string of the molecule is CC(C)CN1C(=O)[C@@]2(CC(=O)Nc3c2cnn3-c2ccccc2)c2c(Cl)cccc21. The van der Waals surface area contributed by atoms with Crippen LogP contribution in [0.3, 0.4) is 0 Å². The van der Waals surface area contributed by atoms with Crippen molar-refractivity contribution in [3.63, 3.8) is 0 Å². The first-order chi connectivity index (χ1) is 14.4. The molecule has 2 aromatic carbocycles. The second-order valence-corrected chi connectivity index (χ2v) is 8.64.